The number of anilines is 1. The molecule has 6 nitrogen and oxygen atoms in total. The van der Waals surface area contributed by atoms with Crippen LogP contribution in [-0.4, -0.2) is 37.3 Å². The van der Waals surface area contributed by atoms with Crippen LogP contribution in [0.1, 0.15) is 35.7 Å². The maximum Gasteiger partial charge on any atom is 0.248 e. The predicted molar refractivity (Wildman–Crippen MR) is 82.4 cm³/mol. The first-order chi connectivity index (χ1) is 10.2. The fourth-order valence-corrected chi connectivity index (χ4v) is 4.97. The van der Waals surface area contributed by atoms with Gasteiger partial charge in [0.1, 0.15) is 9.84 Å². The molecule has 2 aliphatic rings. The molecule has 0 unspecified atom stereocenters. The van der Waals surface area contributed by atoms with E-state index >= 15 is 0 Å². The maximum absolute atomic E-state index is 12.4. The highest BCUT2D eigenvalue weighted by atomic mass is 32.2. The lowest BCUT2D eigenvalue weighted by atomic mass is 9.92. The van der Waals surface area contributed by atoms with Crippen molar-refractivity contribution in [2.24, 2.45) is 5.73 Å². The van der Waals surface area contributed by atoms with Crippen molar-refractivity contribution in [2.75, 3.05) is 16.4 Å². The Morgan fingerprint density at radius 2 is 1.91 bits per heavy atom. The molecule has 0 saturated carbocycles. The molecule has 1 saturated heterocycles. The lowest BCUT2D eigenvalue weighted by molar-refractivity contribution is -0.118. The number of carbonyl (C=O) groups is 2. The molecule has 0 aliphatic carbocycles. The number of benzene rings is 1. The third-order valence-corrected chi connectivity index (χ3v) is 6.29. The van der Waals surface area contributed by atoms with Gasteiger partial charge in [0.15, 0.2) is 0 Å². The van der Waals surface area contributed by atoms with Gasteiger partial charge < -0.3 is 10.6 Å². The lowest BCUT2D eigenvalue weighted by Crippen LogP contribution is -2.52. The van der Waals surface area contributed by atoms with Gasteiger partial charge in [-0.1, -0.05) is 0 Å². The van der Waals surface area contributed by atoms with Crippen molar-refractivity contribution in [3.63, 3.8) is 0 Å². The highest BCUT2D eigenvalue weighted by molar-refractivity contribution is 7.91. The van der Waals surface area contributed by atoms with Gasteiger partial charge in [0.2, 0.25) is 11.8 Å². The molecular weight excluding hydrogens is 304 g/mol. The van der Waals surface area contributed by atoms with Crippen LogP contribution in [0.25, 0.3) is 0 Å². The summed E-state index contributed by atoms with van der Waals surface area (Å²) in [6.07, 6.45) is 1.08. The number of nitrogens with two attached hydrogens (primary N) is 1. The minimum Gasteiger partial charge on any atom is -0.366 e. The van der Waals surface area contributed by atoms with E-state index in [0.717, 1.165) is 11.3 Å². The van der Waals surface area contributed by atoms with Gasteiger partial charge in [0, 0.05) is 16.8 Å². The number of nitrogens with zero attached hydrogens (tertiary/aromatic N) is 1. The van der Waals surface area contributed by atoms with E-state index in [2.05, 4.69) is 0 Å². The third-order valence-electron chi connectivity index (χ3n) is 4.64. The summed E-state index contributed by atoms with van der Waals surface area (Å²) >= 11 is 0. The topological polar surface area (TPSA) is 97.5 Å². The summed E-state index contributed by atoms with van der Waals surface area (Å²) < 4.78 is 23.3. The lowest BCUT2D eigenvalue weighted by Gasteiger charge is -2.42. The molecule has 118 valence electrons. The predicted octanol–water partition coefficient (Wildman–Crippen LogP) is 0.642. The standard InChI is InChI=1S/C15H18N2O4S/c1-15(4-6-22(20,21)7-5-15)17-12-3-2-10(14(16)19)8-11(12)9-13(17)18/h2-3,8H,4-7,9H2,1H3,(H2,16,19). The summed E-state index contributed by atoms with van der Waals surface area (Å²) in [6.45, 7) is 1.93. The van der Waals surface area contributed by atoms with Crippen LogP contribution < -0.4 is 10.6 Å². The molecule has 0 aromatic heterocycles. The van der Waals surface area contributed by atoms with Crippen LogP contribution in [0.3, 0.4) is 0 Å². The Kier molecular flexibility index (Phi) is 3.28. The Bertz CT molecular complexity index is 756. The van der Waals surface area contributed by atoms with E-state index in [1.807, 2.05) is 6.92 Å². The first kappa shape index (κ1) is 15.0. The zero-order valence-electron chi connectivity index (χ0n) is 12.3. The van der Waals surface area contributed by atoms with E-state index in [4.69, 9.17) is 5.73 Å². The van der Waals surface area contributed by atoms with Crippen LogP contribution in [-0.2, 0) is 21.1 Å². The first-order valence-electron chi connectivity index (χ1n) is 7.18. The van der Waals surface area contributed by atoms with Crippen LogP contribution in [0.5, 0.6) is 0 Å². The molecule has 1 fully saturated rings. The zero-order chi connectivity index (χ0) is 16.1. The van der Waals surface area contributed by atoms with E-state index in [-0.39, 0.29) is 23.8 Å². The summed E-state index contributed by atoms with van der Waals surface area (Å²) in [6, 6.07) is 4.99. The summed E-state index contributed by atoms with van der Waals surface area (Å²) in [7, 11) is -3.00. The maximum atomic E-state index is 12.4. The van der Waals surface area contributed by atoms with Gasteiger partial charge >= 0.3 is 0 Å². The average molecular weight is 322 g/mol. The Morgan fingerprint density at radius 1 is 1.27 bits per heavy atom. The number of primary amides is 1. The number of rotatable bonds is 2. The van der Waals surface area contributed by atoms with E-state index in [0.29, 0.717) is 18.4 Å². The van der Waals surface area contributed by atoms with Crippen LogP contribution in [0.4, 0.5) is 5.69 Å². The Morgan fingerprint density at radius 3 is 2.50 bits per heavy atom. The van der Waals surface area contributed by atoms with E-state index in [9.17, 15) is 18.0 Å². The molecule has 0 radical (unpaired) electrons. The SMILES string of the molecule is CC1(N2C(=O)Cc3cc(C(N)=O)ccc32)CCS(=O)(=O)CC1. The monoisotopic (exact) mass is 322 g/mol. The van der Waals surface area contributed by atoms with Gasteiger partial charge in [0.25, 0.3) is 0 Å². The van der Waals surface area contributed by atoms with Crippen molar-refractivity contribution in [1.29, 1.82) is 0 Å². The van der Waals surface area contributed by atoms with Gasteiger partial charge in [0.05, 0.1) is 17.9 Å². The molecule has 2 N–H and O–H groups in total. The highest BCUT2D eigenvalue weighted by Gasteiger charge is 2.44. The van der Waals surface area contributed by atoms with Crippen molar-refractivity contribution in [2.45, 2.75) is 31.7 Å². The fourth-order valence-electron chi connectivity index (χ4n) is 3.27. The molecule has 0 atom stereocenters. The molecule has 2 heterocycles. The highest BCUT2D eigenvalue weighted by Crippen LogP contribution is 2.40. The molecule has 0 spiro atoms. The number of fused-ring (bicyclic) bond motifs is 1. The molecule has 3 rings (SSSR count). The molecule has 7 heteroatoms. The van der Waals surface area contributed by atoms with Gasteiger partial charge in [-0.05, 0) is 43.5 Å². The van der Waals surface area contributed by atoms with E-state index < -0.39 is 21.3 Å². The number of sulfone groups is 1. The minimum atomic E-state index is -3.00. The smallest absolute Gasteiger partial charge is 0.248 e. The Balaban J connectivity index is 1.97. The summed E-state index contributed by atoms with van der Waals surface area (Å²) in [5.41, 5.74) is 6.69. The van der Waals surface area contributed by atoms with Crippen molar-refractivity contribution in [3.8, 4) is 0 Å². The van der Waals surface area contributed by atoms with Crippen molar-refractivity contribution < 1.29 is 18.0 Å². The molecule has 1 aromatic rings. The summed E-state index contributed by atoms with van der Waals surface area (Å²) in [5, 5.41) is 0. The quantitative estimate of drug-likeness (QED) is 0.864. The Hall–Kier alpha value is -1.89. The van der Waals surface area contributed by atoms with E-state index in [1.165, 1.54) is 0 Å². The van der Waals surface area contributed by atoms with Crippen LogP contribution in [0, 0.1) is 0 Å². The van der Waals surface area contributed by atoms with Gasteiger partial charge in [-0.15, -0.1) is 0 Å². The van der Waals surface area contributed by atoms with Crippen LogP contribution >= 0.6 is 0 Å². The zero-order valence-corrected chi connectivity index (χ0v) is 13.1. The van der Waals surface area contributed by atoms with Crippen LogP contribution in [0.2, 0.25) is 0 Å². The molecule has 1 aromatic carbocycles. The van der Waals surface area contributed by atoms with Crippen LogP contribution in [0.15, 0.2) is 18.2 Å². The molecule has 2 aliphatic heterocycles. The molecule has 22 heavy (non-hydrogen) atoms. The first-order valence-corrected chi connectivity index (χ1v) is 9.00. The largest absolute Gasteiger partial charge is 0.366 e. The fraction of sp³-hybridized carbons (Fsp3) is 0.467. The number of hydrogen-bond acceptors (Lipinski definition) is 4. The second kappa shape index (κ2) is 4.81. The number of amides is 2. The second-order valence-electron chi connectivity index (χ2n) is 6.26. The van der Waals surface area contributed by atoms with Gasteiger partial charge in [-0.25, -0.2) is 8.42 Å². The molecule has 0 bridgehead atoms. The second-order valence-corrected chi connectivity index (χ2v) is 8.57. The minimum absolute atomic E-state index is 0.0570. The average Bonchev–Trinajstić information content (AvgIpc) is 2.78. The Labute approximate surface area is 129 Å². The van der Waals surface area contributed by atoms with Crippen molar-refractivity contribution in [3.05, 3.63) is 29.3 Å². The normalized spacial score (nSPS) is 22.4. The van der Waals surface area contributed by atoms with E-state index in [1.54, 1.807) is 23.1 Å². The third kappa shape index (κ3) is 2.39. The summed E-state index contributed by atoms with van der Waals surface area (Å²) in [4.78, 5) is 25.4. The van der Waals surface area contributed by atoms with Gasteiger partial charge in [-0.3, -0.25) is 9.59 Å². The molecular formula is C15H18N2O4S. The summed E-state index contributed by atoms with van der Waals surface area (Å²) in [5.74, 6) is -0.383. The number of hydrogen-bond donors (Lipinski definition) is 1. The van der Waals surface area contributed by atoms with Gasteiger partial charge in [-0.2, -0.15) is 0 Å². The number of carbonyl (C=O) groups excluding carboxylic acids is 2. The molecule has 2 amide bonds. The van der Waals surface area contributed by atoms with Crippen molar-refractivity contribution in [1.82, 2.24) is 0 Å². The van der Waals surface area contributed by atoms with Crippen molar-refractivity contribution >= 4 is 27.3 Å².